The van der Waals surface area contributed by atoms with E-state index in [2.05, 4.69) is 5.32 Å². The van der Waals surface area contributed by atoms with Crippen LogP contribution < -0.4 is 5.32 Å². The second kappa shape index (κ2) is 4.13. The zero-order valence-corrected chi connectivity index (χ0v) is 8.17. The molecule has 0 amide bonds. The lowest BCUT2D eigenvalue weighted by Gasteiger charge is -2.23. The van der Waals surface area contributed by atoms with Crippen molar-refractivity contribution in [3.8, 4) is 0 Å². The van der Waals surface area contributed by atoms with Crippen molar-refractivity contribution in [2.75, 3.05) is 0 Å². The SMILES string of the molecule is O=[N+]([O-])[C@@H]1CC=CN[C@H]1c1ccccc1. The highest BCUT2D eigenvalue weighted by Crippen LogP contribution is 2.23. The Bertz CT molecular complexity index is 375. The van der Waals surface area contributed by atoms with Crippen molar-refractivity contribution in [3.05, 3.63) is 58.3 Å². The van der Waals surface area contributed by atoms with Gasteiger partial charge in [-0.3, -0.25) is 10.1 Å². The van der Waals surface area contributed by atoms with Gasteiger partial charge in [0.2, 0.25) is 6.04 Å². The Kier molecular flexibility index (Phi) is 2.67. The molecule has 1 N–H and O–H groups in total. The molecule has 0 saturated heterocycles. The van der Waals surface area contributed by atoms with Crippen LogP contribution in [0.15, 0.2) is 42.6 Å². The van der Waals surface area contributed by atoms with Gasteiger partial charge in [0.15, 0.2) is 0 Å². The van der Waals surface area contributed by atoms with Gasteiger partial charge in [-0.1, -0.05) is 36.4 Å². The number of hydrogen-bond donors (Lipinski definition) is 1. The third-order valence-corrected chi connectivity index (χ3v) is 2.59. The molecular formula is C11H12N2O2. The summed E-state index contributed by atoms with van der Waals surface area (Å²) in [6, 6.07) is 8.73. The van der Waals surface area contributed by atoms with Gasteiger partial charge >= 0.3 is 0 Å². The van der Waals surface area contributed by atoms with Crippen LogP contribution in [0.4, 0.5) is 0 Å². The van der Waals surface area contributed by atoms with E-state index in [-0.39, 0.29) is 11.0 Å². The van der Waals surface area contributed by atoms with Crippen molar-refractivity contribution in [3.63, 3.8) is 0 Å². The van der Waals surface area contributed by atoms with Gasteiger partial charge in [-0.15, -0.1) is 0 Å². The van der Waals surface area contributed by atoms with E-state index in [0.29, 0.717) is 6.42 Å². The second-order valence-corrected chi connectivity index (χ2v) is 3.55. The molecule has 0 spiro atoms. The Labute approximate surface area is 87.8 Å². The average molecular weight is 204 g/mol. The van der Waals surface area contributed by atoms with Gasteiger partial charge in [-0.25, -0.2) is 0 Å². The van der Waals surface area contributed by atoms with E-state index in [4.69, 9.17) is 0 Å². The summed E-state index contributed by atoms with van der Waals surface area (Å²) in [4.78, 5) is 10.7. The molecule has 2 atom stereocenters. The van der Waals surface area contributed by atoms with Crippen LogP contribution in [0.3, 0.4) is 0 Å². The van der Waals surface area contributed by atoms with Gasteiger partial charge in [-0.2, -0.15) is 0 Å². The predicted molar refractivity (Wildman–Crippen MR) is 56.9 cm³/mol. The quantitative estimate of drug-likeness (QED) is 0.591. The molecule has 1 aliphatic rings. The minimum absolute atomic E-state index is 0.214. The Hall–Kier alpha value is -1.84. The van der Waals surface area contributed by atoms with Crippen LogP contribution in [0.2, 0.25) is 0 Å². The molecule has 1 aliphatic heterocycles. The fourth-order valence-corrected chi connectivity index (χ4v) is 1.81. The van der Waals surface area contributed by atoms with Gasteiger partial charge in [0.05, 0.1) is 0 Å². The highest BCUT2D eigenvalue weighted by Gasteiger charge is 2.32. The molecule has 1 aromatic carbocycles. The number of nitro groups is 1. The molecule has 15 heavy (non-hydrogen) atoms. The summed E-state index contributed by atoms with van der Waals surface area (Å²) in [5.41, 5.74) is 0.962. The highest BCUT2D eigenvalue weighted by atomic mass is 16.6. The normalized spacial score (nSPS) is 24.5. The number of hydrogen-bond acceptors (Lipinski definition) is 3. The van der Waals surface area contributed by atoms with Crippen LogP contribution in [0.25, 0.3) is 0 Å². The minimum atomic E-state index is -0.572. The summed E-state index contributed by atoms with van der Waals surface area (Å²) in [5.74, 6) is 0. The van der Waals surface area contributed by atoms with E-state index in [9.17, 15) is 10.1 Å². The molecule has 4 nitrogen and oxygen atoms in total. The maximum atomic E-state index is 10.9. The van der Waals surface area contributed by atoms with Gasteiger partial charge in [0.25, 0.3) is 0 Å². The van der Waals surface area contributed by atoms with E-state index in [1.54, 1.807) is 12.3 Å². The lowest BCUT2D eigenvalue weighted by molar-refractivity contribution is -0.527. The predicted octanol–water partition coefficient (Wildman–Crippen LogP) is 1.88. The molecule has 0 saturated carbocycles. The van der Waals surface area contributed by atoms with E-state index < -0.39 is 6.04 Å². The summed E-state index contributed by atoms with van der Waals surface area (Å²) in [6.45, 7) is 0. The Morgan fingerprint density at radius 3 is 2.73 bits per heavy atom. The number of nitrogens with zero attached hydrogens (tertiary/aromatic N) is 1. The van der Waals surface area contributed by atoms with E-state index in [1.165, 1.54) is 0 Å². The lowest BCUT2D eigenvalue weighted by Crippen LogP contribution is -2.37. The number of benzene rings is 1. The monoisotopic (exact) mass is 204 g/mol. The van der Waals surface area contributed by atoms with Crippen molar-refractivity contribution in [1.29, 1.82) is 0 Å². The fourth-order valence-electron chi connectivity index (χ4n) is 1.81. The largest absolute Gasteiger partial charge is 0.378 e. The Morgan fingerprint density at radius 1 is 1.33 bits per heavy atom. The third-order valence-electron chi connectivity index (χ3n) is 2.59. The molecule has 0 unspecified atom stereocenters. The summed E-state index contributed by atoms with van der Waals surface area (Å²) < 4.78 is 0. The zero-order valence-electron chi connectivity index (χ0n) is 8.17. The molecule has 0 bridgehead atoms. The van der Waals surface area contributed by atoms with Crippen LogP contribution in [-0.2, 0) is 0 Å². The first-order chi connectivity index (χ1) is 7.29. The number of nitrogens with one attached hydrogen (secondary N) is 1. The molecule has 4 heteroatoms. The molecule has 1 aromatic rings. The summed E-state index contributed by atoms with van der Waals surface area (Å²) in [7, 11) is 0. The van der Waals surface area contributed by atoms with Gasteiger partial charge in [0, 0.05) is 11.3 Å². The second-order valence-electron chi connectivity index (χ2n) is 3.55. The summed E-state index contributed by atoms with van der Waals surface area (Å²) >= 11 is 0. The maximum absolute atomic E-state index is 10.9. The standard InChI is InChI=1S/C11H12N2O2/c14-13(15)10-7-4-8-12-11(10)9-5-2-1-3-6-9/h1-6,8,10-12H,7H2/t10-,11+/m1/s1. The molecular weight excluding hydrogens is 192 g/mol. The first-order valence-corrected chi connectivity index (χ1v) is 4.88. The average Bonchev–Trinajstić information content (AvgIpc) is 2.30. The summed E-state index contributed by atoms with van der Waals surface area (Å²) in [5, 5.41) is 13.9. The van der Waals surface area contributed by atoms with Gasteiger partial charge in [0.1, 0.15) is 6.04 Å². The van der Waals surface area contributed by atoms with Crippen LogP contribution in [-0.4, -0.2) is 11.0 Å². The molecule has 1 heterocycles. The van der Waals surface area contributed by atoms with Crippen LogP contribution >= 0.6 is 0 Å². The highest BCUT2D eigenvalue weighted by molar-refractivity contribution is 5.22. The van der Waals surface area contributed by atoms with Gasteiger partial charge in [-0.05, 0) is 11.8 Å². The van der Waals surface area contributed by atoms with E-state index in [1.807, 2.05) is 30.3 Å². The molecule has 0 aromatic heterocycles. The molecule has 78 valence electrons. The van der Waals surface area contributed by atoms with Crippen molar-refractivity contribution in [2.45, 2.75) is 18.5 Å². The fraction of sp³-hybridized carbons (Fsp3) is 0.273. The third kappa shape index (κ3) is 1.98. The van der Waals surface area contributed by atoms with E-state index in [0.717, 1.165) is 5.56 Å². The molecule has 0 aliphatic carbocycles. The van der Waals surface area contributed by atoms with Crippen molar-refractivity contribution < 1.29 is 4.92 Å². The number of rotatable bonds is 2. The molecule has 0 fully saturated rings. The molecule has 0 radical (unpaired) electrons. The first kappa shape index (κ1) is 9.71. The lowest BCUT2D eigenvalue weighted by atomic mass is 9.95. The van der Waals surface area contributed by atoms with Crippen LogP contribution in [0, 0.1) is 10.1 Å². The zero-order chi connectivity index (χ0) is 10.7. The Balaban J connectivity index is 2.27. The topological polar surface area (TPSA) is 55.2 Å². The van der Waals surface area contributed by atoms with Crippen molar-refractivity contribution in [2.24, 2.45) is 0 Å². The van der Waals surface area contributed by atoms with E-state index >= 15 is 0 Å². The summed E-state index contributed by atoms with van der Waals surface area (Å²) in [6.07, 6.45) is 4.07. The van der Waals surface area contributed by atoms with Crippen LogP contribution in [0.5, 0.6) is 0 Å². The van der Waals surface area contributed by atoms with Crippen molar-refractivity contribution >= 4 is 0 Å². The first-order valence-electron chi connectivity index (χ1n) is 4.88. The van der Waals surface area contributed by atoms with Crippen molar-refractivity contribution in [1.82, 2.24) is 5.32 Å². The smallest absolute Gasteiger partial charge is 0.240 e. The van der Waals surface area contributed by atoms with Crippen LogP contribution in [0.1, 0.15) is 18.0 Å². The van der Waals surface area contributed by atoms with Gasteiger partial charge < -0.3 is 5.32 Å². The molecule has 2 rings (SSSR count). The minimum Gasteiger partial charge on any atom is -0.378 e. The maximum Gasteiger partial charge on any atom is 0.240 e. The Morgan fingerprint density at radius 2 is 2.07 bits per heavy atom.